The standard InChI is InChI=1S/C27H43N3O5/c1-8-13-28(14-9-2)24(32)21-20-11-12-27(35-20)22(21)25(33)30(19(16-31)17(4)5)23(27)26(34)29(15-10-3)18(6)7/h8,10,17-23,31H,1,3,9,11-16H2,2,4-7H3/t19-,20+,21-,22-,23?,27?/m0/s1. The summed E-state index contributed by atoms with van der Waals surface area (Å²) < 4.78 is 6.55. The number of aliphatic hydroxyl groups is 1. The lowest BCUT2D eigenvalue weighted by Gasteiger charge is -2.41. The van der Waals surface area contributed by atoms with Crippen molar-refractivity contribution < 1.29 is 24.2 Å². The molecule has 0 aliphatic carbocycles. The van der Waals surface area contributed by atoms with E-state index in [9.17, 15) is 19.5 Å². The van der Waals surface area contributed by atoms with Gasteiger partial charge >= 0.3 is 0 Å². The van der Waals surface area contributed by atoms with Crippen molar-refractivity contribution in [2.75, 3.05) is 26.2 Å². The fraction of sp³-hybridized carbons (Fsp3) is 0.741. The van der Waals surface area contributed by atoms with Gasteiger partial charge in [-0.25, -0.2) is 0 Å². The van der Waals surface area contributed by atoms with Crippen LogP contribution in [0.4, 0.5) is 0 Å². The van der Waals surface area contributed by atoms with Gasteiger partial charge in [-0.3, -0.25) is 14.4 Å². The lowest BCUT2D eigenvalue weighted by molar-refractivity contribution is -0.153. The molecule has 3 rings (SSSR count). The van der Waals surface area contributed by atoms with E-state index in [2.05, 4.69) is 13.2 Å². The Bertz CT molecular complexity index is 843. The molecule has 1 N–H and O–H groups in total. The highest BCUT2D eigenvalue weighted by atomic mass is 16.5. The Morgan fingerprint density at radius 2 is 1.86 bits per heavy atom. The minimum atomic E-state index is -1.07. The average Bonchev–Trinajstić information content (AvgIpc) is 3.44. The van der Waals surface area contributed by atoms with Crippen LogP contribution in [0.1, 0.15) is 53.9 Å². The second kappa shape index (κ2) is 10.8. The van der Waals surface area contributed by atoms with Crippen molar-refractivity contribution in [1.82, 2.24) is 14.7 Å². The van der Waals surface area contributed by atoms with Gasteiger partial charge in [0, 0.05) is 25.7 Å². The monoisotopic (exact) mass is 489 g/mol. The molecule has 8 nitrogen and oxygen atoms in total. The van der Waals surface area contributed by atoms with E-state index >= 15 is 0 Å². The maximum atomic E-state index is 14.1. The van der Waals surface area contributed by atoms with Gasteiger partial charge in [-0.15, -0.1) is 13.2 Å². The molecule has 3 fully saturated rings. The Kier molecular flexibility index (Phi) is 8.48. The van der Waals surface area contributed by atoms with E-state index in [-0.39, 0.29) is 36.3 Å². The number of hydrogen-bond donors (Lipinski definition) is 1. The lowest BCUT2D eigenvalue weighted by Crippen LogP contribution is -2.60. The average molecular weight is 490 g/mol. The van der Waals surface area contributed by atoms with E-state index in [1.165, 1.54) is 0 Å². The van der Waals surface area contributed by atoms with Crippen LogP contribution in [0, 0.1) is 17.8 Å². The van der Waals surface area contributed by atoms with E-state index in [4.69, 9.17) is 4.74 Å². The molecule has 2 bridgehead atoms. The molecule has 0 radical (unpaired) electrons. The zero-order chi connectivity index (χ0) is 26.1. The fourth-order valence-corrected chi connectivity index (χ4v) is 6.41. The van der Waals surface area contributed by atoms with Crippen LogP contribution in [0.15, 0.2) is 25.3 Å². The number of carbonyl (C=O) groups excluding carboxylic acids is 3. The van der Waals surface area contributed by atoms with E-state index in [1.807, 2.05) is 34.6 Å². The van der Waals surface area contributed by atoms with Crippen LogP contribution in [-0.2, 0) is 19.1 Å². The van der Waals surface area contributed by atoms with Gasteiger partial charge in [0.1, 0.15) is 11.6 Å². The molecule has 6 atom stereocenters. The van der Waals surface area contributed by atoms with Gasteiger partial charge in [-0.1, -0.05) is 32.9 Å². The molecule has 3 saturated heterocycles. The number of ether oxygens (including phenoxy) is 1. The van der Waals surface area contributed by atoms with E-state index in [1.54, 1.807) is 26.9 Å². The van der Waals surface area contributed by atoms with E-state index < -0.39 is 35.6 Å². The van der Waals surface area contributed by atoms with Crippen LogP contribution in [0.25, 0.3) is 0 Å². The van der Waals surface area contributed by atoms with Gasteiger partial charge in [0.2, 0.25) is 17.7 Å². The normalized spacial score (nSPS) is 30.1. The molecule has 0 saturated carbocycles. The summed E-state index contributed by atoms with van der Waals surface area (Å²) in [6.45, 7) is 18.4. The molecule has 196 valence electrons. The molecule has 35 heavy (non-hydrogen) atoms. The van der Waals surface area contributed by atoms with Crippen LogP contribution < -0.4 is 0 Å². The first-order chi connectivity index (χ1) is 16.6. The fourth-order valence-electron chi connectivity index (χ4n) is 6.41. The first kappa shape index (κ1) is 27.4. The number of hydrogen-bond acceptors (Lipinski definition) is 5. The molecule has 3 aliphatic rings. The summed E-state index contributed by atoms with van der Waals surface area (Å²) >= 11 is 0. The zero-order valence-corrected chi connectivity index (χ0v) is 22.0. The minimum Gasteiger partial charge on any atom is -0.394 e. The van der Waals surface area contributed by atoms with Crippen molar-refractivity contribution in [1.29, 1.82) is 0 Å². The number of likely N-dealkylation sites (tertiary alicyclic amines) is 1. The van der Waals surface area contributed by atoms with Crippen molar-refractivity contribution in [3.8, 4) is 0 Å². The zero-order valence-electron chi connectivity index (χ0n) is 22.0. The predicted octanol–water partition coefficient (Wildman–Crippen LogP) is 2.23. The van der Waals surface area contributed by atoms with Gasteiger partial charge in [-0.05, 0) is 39.0 Å². The van der Waals surface area contributed by atoms with E-state index in [0.717, 1.165) is 6.42 Å². The topological polar surface area (TPSA) is 90.4 Å². The molecular formula is C27H43N3O5. The first-order valence-corrected chi connectivity index (χ1v) is 13.0. The summed E-state index contributed by atoms with van der Waals surface area (Å²) in [6.07, 6.45) is 4.94. The number of fused-ring (bicyclic) bond motifs is 1. The largest absolute Gasteiger partial charge is 0.394 e. The summed E-state index contributed by atoms with van der Waals surface area (Å²) in [5, 5.41) is 10.3. The van der Waals surface area contributed by atoms with Crippen LogP contribution in [-0.4, -0.2) is 93.6 Å². The van der Waals surface area contributed by atoms with Gasteiger partial charge in [0.05, 0.1) is 30.6 Å². The number of carbonyl (C=O) groups is 3. The van der Waals surface area contributed by atoms with Crippen molar-refractivity contribution in [3.63, 3.8) is 0 Å². The molecule has 0 aromatic rings. The highest BCUT2D eigenvalue weighted by molar-refractivity contribution is 5.99. The smallest absolute Gasteiger partial charge is 0.248 e. The molecule has 8 heteroatoms. The van der Waals surface area contributed by atoms with Crippen LogP contribution >= 0.6 is 0 Å². The molecule has 3 heterocycles. The predicted molar refractivity (Wildman–Crippen MR) is 134 cm³/mol. The van der Waals surface area contributed by atoms with Crippen molar-refractivity contribution in [3.05, 3.63) is 25.3 Å². The quantitative estimate of drug-likeness (QED) is 0.425. The van der Waals surface area contributed by atoms with Gasteiger partial charge in [0.25, 0.3) is 0 Å². The first-order valence-electron chi connectivity index (χ1n) is 13.0. The number of rotatable bonds is 12. The third-order valence-electron chi connectivity index (χ3n) is 7.96. The second-order valence-corrected chi connectivity index (χ2v) is 10.7. The van der Waals surface area contributed by atoms with Crippen molar-refractivity contribution in [2.45, 2.75) is 83.7 Å². The Balaban J connectivity index is 2.11. The summed E-state index contributed by atoms with van der Waals surface area (Å²) in [5.41, 5.74) is -1.07. The maximum Gasteiger partial charge on any atom is 0.248 e. The Hall–Kier alpha value is -2.19. The van der Waals surface area contributed by atoms with Crippen LogP contribution in [0.2, 0.25) is 0 Å². The summed E-state index contributed by atoms with van der Waals surface area (Å²) in [4.78, 5) is 47.1. The molecule has 0 aromatic carbocycles. The Morgan fingerprint density at radius 1 is 1.20 bits per heavy atom. The maximum absolute atomic E-state index is 14.1. The highest BCUT2D eigenvalue weighted by Crippen LogP contribution is 2.59. The van der Waals surface area contributed by atoms with Gasteiger partial charge in [-0.2, -0.15) is 0 Å². The van der Waals surface area contributed by atoms with Gasteiger partial charge < -0.3 is 24.5 Å². The molecule has 1 spiro atoms. The minimum absolute atomic E-state index is 0.0786. The molecule has 0 aromatic heterocycles. The van der Waals surface area contributed by atoms with E-state index in [0.29, 0.717) is 32.5 Å². The lowest BCUT2D eigenvalue weighted by atomic mass is 9.70. The Morgan fingerprint density at radius 3 is 2.37 bits per heavy atom. The third kappa shape index (κ3) is 4.44. The van der Waals surface area contributed by atoms with Crippen LogP contribution in [0.3, 0.4) is 0 Å². The summed E-state index contributed by atoms with van der Waals surface area (Å²) in [5.74, 6) is -2.03. The third-order valence-corrected chi connectivity index (χ3v) is 7.96. The number of aliphatic hydroxyl groups excluding tert-OH is 1. The van der Waals surface area contributed by atoms with Crippen molar-refractivity contribution in [2.24, 2.45) is 17.8 Å². The molecule has 3 amide bonds. The molecule has 2 unspecified atom stereocenters. The van der Waals surface area contributed by atoms with Crippen LogP contribution in [0.5, 0.6) is 0 Å². The van der Waals surface area contributed by atoms with Gasteiger partial charge in [0.15, 0.2) is 0 Å². The summed E-state index contributed by atoms with van der Waals surface area (Å²) in [7, 11) is 0. The summed E-state index contributed by atoms with van der Waals surface area (Å²) in [6, 6.07) is -1.54. The Labute approximate surface area is 210 Å². The SMILES string of the molecule is C=CCN(CCC)C(=O)[C@@H]1[C@H]2C(=O)N([C@@H](CO)C(C)C)C(C(=O)N(CC=C)C(C)C)C23CC[C@H]1O3. The molecular weight excluding hydrogens is 446 g/mol. The highest BCUT2D eigenvalue weighted by Gasteiger charge is 2.75. The molecule has 3 aliphatic heterocycles. The number of amides is 3. The second-order valence-electron chi connectivity index (χ2n) is 10.7. The van der Waals surface area contributed by atoms with Crippen molar-refractivity contribution >= 4 is 17.7 Å². The number of nitrogens with zero attached hydrogens (tertiary/aromatic N) is 3.